The molecule has 2 aromatic carbocycles. The van der Waals surface area contributed by atoms with E-state index in [1.807, 2.05) is 61.7 Å². The van der Waals surface area contributed by atoms with Crippen LogP contribution in [-0.2, 0) is 33.8 Å². The normalized spacial score (nSPS) is 10.7. The summed E-state index contributed by atoms with van der Waals surface area (Å²) in [6.45, 7) is 7.75. The fourth-order valence-electron chi connectivity index (χ4n) is 3.06. The molecule has 30 heavy (non-hydrogen) atoms. The monoisotopic (exact) mass is 422 g/mol. The van der Waals surface area contributed by atoms with Crippen molar-refractivity contribution in [3.8, 4) is 0 Å². The Bertz CT molecular complexity index is 1040. The molecule has 0 unspecified atom stereocenters. The molecule has 3 aromatic rings. The lowest BCUT2D eigenvalue weighted by Crippen LogP contribution is -2.22. The molecule has 0 saturated carbocycles. The first kappa shape index (κ1) is 21.7. The summed E-state index contributed by atoms with van der Waals surface area (Å²) in [7, 11) is 0. The molecule has 0 bridgehead atoms. The van der Waals surface area contributed by atoms with Crippen LogP contribution in [-0.4, -0.2) is 16.9 Å². The van der Waals surface area contributed by atoms with Crippen LogP contribution in [0.2, 0.25) is 0 Å². The number of ether oxygens (including phenoxy) is 1. The maximum atomic E-state index is 12.2. The van der Waals surface area contributed by atoms with Gasteiger partial charge in [0, 0.05) is 12.3 Å². The molecule has 156 valence electrons. The Hall–Kier alpha value is -2.99. The number of aromatic nitrogens is 1. The van der Waals surface area contributed by atoms with E-state index in [-0.39, 0.29) is 24.9 Å². The number of hydrogen-bond acceptors (Lipinski definition) is 5. The molecule has 3 rings (SSSR count). The zero-order chi connectivity index (χ0) is 21.7. The number of nitrogens with zero attached hydrogens (tertiary/aromatic N) is 2. The van der Waals surface area contributed by atoms with E-state index in [0.717, 1.165) is 23.2 Å². The predicted molar refractivity (Wildman–Crippen MR) is 120 cm³/mol. The van der Waals surface area contributed by atoms with Crippen molar-refractivity contribution in [2.75, 3.05) is 4.90 Å². The van der Waals surface area contributed by atoms with Crippen LogP contribution in [0.4, 0.5) is 10.8 Å². The second-order valence-corrected chi connectivity index (χ2v) is 8.09. The van der Waals surface area contributed by atoms with E-state index in [4.69, 9.17) is 4.74 Å². The summed E-state index contributed by atoms with van der Waals surface area (Å²) in [6, 6.07) is 13.8. The number of hydrogen-bond donors (Lipinski definition) is 0. The SMILES string of the molecule is CCc1ccc(N(C(C)=O)c2nc(COC(=O)Cc3ccc(C)c(C)c3)cs2)cc1. The van der Waals surface area contributed by atoms with Crippen LogP contribution in [0.3, 0.4) is 0 Å². The summed E-state index contributed by atoms with van der Waals surface area (Å²) in [5.41, 5.74) is 5.88. The Morgan fingerprint density at radius 1 is 1.03 bits per heavy atom. The quantitative estimate of drug-likeness (QED) is 0.485. The lowest BCUT2D eigenvalue weighted by atomic mass is 10.0. The van der Waals surface area contributed by atoms with Gasteiger partial charge in [-0.25, -0.2) is 4.98 Å². The topological polar surface area (TPSA) is 59.5 Å². The number of esters is 1. The smallest absolute Gasteiger partial charge is 0.310 e. The molecule has 1 aromatic heterocycles. The molecule has 0 atom stereocenters. The third-order valence-electron chi connectivity index (χ3n) is 4.95. The highest BCUT2D eigenvalue weighted by molar-refractivity contribution is 7.14. The molecule has 0 spiro atoms. The van der Waals surface area contributed by atoms with Gasteiger partial charge in [0.2, 0.25) is 5.91 Å². The van der Waals surface area contributed by atoms with Crippen molar-refractivity contribution >= 4 is 34.0 Å². The summed E-state index contributed by atoms with van der Waals surface area (Å²) < 4.78 is 5.39. The van der Waals surface area contributed by atoms with Gasteiger partial charge in [-0.05, 0) is 54.7 Å². The first-order valence-corrected chi connectivity index (χ1v) is 10.8. The van der Waals surface area contributed by atoms with Crippen molar-refractivity contribution < 1.29 is 14.3 Å². The minimum atomic E-state index is -0.300. The molecular weight excluding hydrogens is 396 g/mol. The average Bonchev–Trinajstić information content (AvgIpc) is 3.18. The van der Waals surface area contributed by atoms with Gasteiger partial charge in [0.25, 0.3) is 0 Å². The Morgan fingerprint density at radius 3 is 2.37 bits per heavy atom. The predicted octanol–water partition coefficient (Wildman–Crippen LogP) is 5.29. The first-order valence-electron chi connectivity index (χ1n) is 9.93. The Morgan fingerprint density at radius 2 is 1.73 bits per heavy atom. The highest BCUT2D eigenvalue weighted by Crippen LogP contribution is 2.29. The zero-order valence-corrected chi connectivity index (χ0v) is 18.6. The molecule has 5 nitrogen and oxygen atoms in total. The number of carbonyl (C=O) groups excluding carboxylic acids is 2. The van der Waals surface area contributed by atoms with Crippen LogP contribution in [0.15, 0.2) is 47.8 Å². The van der Waals surface area contributed by atoms with E-state index in [0.29, 0.717) is 10.8 Å². The zero-order valence-electron chi connectivity index (χ0n) is 17.8. The van der Waals surface area contributed by atoms with Gasteiger partial charge in [0.05, 0.1) is 17.8 Å². The molecule has 6 heteroatoms. The number of thiazole rings is 1. The summed E-state index contributed by atoms with van der Waals surface area (Å²) in [4.78, 5) is 30.5. The highest BCUT2D eigenvalue weighted by atomic mass is 32.1. The fourth-order valence-corrected chi connectivity index (χ4v) is 3.93. The van der Waals surface area contributed by atoms with Gasteiger partial charge in [-0.1, -0.05) is 37.3 Å². The van der Waals surface area contributed by atoms with Crippen LogP contribution in [0, 0.1) is 13.8 Å². The van der Waals surface area contributed by atoms with E-state index in [9.17, 15) is 9.59 Å². The Balaban J connectivity index is 1.64. The standard InChI is InChI=1S/C24H26N2O3S/c1-5-19-8-10-22(11-9-19)26(18(4)27)24-25-21(15-30-24)14-29-23(28)13-20-7-6-16(2)17(3)12-20/h6-12,15H,5,13-14H2,1-4H3. The summed E-state index contributed by atoms with van der Waals surface area (Å²) >= 11 is 1.35. The third-order valence-corrected chi connectivity index (χ3v) is 5.82. The lowest BCUT2D eigenvalue weighted by Gasteiger charge is -2.18. The summed E-state index contributed by atoms with van der Waals surface area (Å²) in [6.07, 6.45) is 1.16. The highest BCUT2D eigenvalue weighted by Gasteiger charge is 2.18. The van der Waals surface area contributed by atoms with Gasteiger partial charge in [0.15, 0.2) is 5.13 Å². The van der Waals surface area contributed by atoms with Gasteiger partial charge >= 0.3 is 5.97 Å². The molecule has 0 saturated heterocycles. The minimum Gasteiger partial charge on any atom is -0.459 e. The molecule has 0 aliphatic heterocycles. The molecule has 1 heterocycles. The van der Waals surface area contributed by atoms with Crippen molar-refractivity contribution in [2.45, 2.75) is 47.1 Å². The van der Waals surface area contributed by atoms with Crippen molar-refractivity contribution in [1.29, 1.82) is 0 Å². The first-order chi connectivity index (χ1) is 14.4. The Kier molecular flexibility index (Phi) is 7.00. The number of amides is 1. The van der Waals surface area contributed by atoms with Gasteiger partial charge in [-0.3, -0.25) is 14.5 Å². The van der Waals surface area contributed by atoms with Crippen molar-refractivity contribution in [3.63, 3.8) is 0 Å². The molecule has 0 N–H and O–H groups in total. The third kappa shape index (κ3) is 5.33. The van der Waals surface area contributed by atoms with E-state index in [1.165, 1.54) is 29.4 Å². The number of aryl methyl sites for hydroxylation is 3. The lowest BCUT2D eigenvalue weighted by molar-refractivity contribution is -0.144. The molecular formula is C24H26N2O3S. The van der Waals surface area contributed by atoms with Crippen LogP contribution in [0.5, 0.6) is 0 Å². The van der Waals surface area contributed by atoms with Gasteiger partial charge < -0.3 is 4.74 Å². The van der Waals surface area contributed by atoms with E-state index in [1.54, 1.807) is 4.90 Å². The van der Waals surface area contributed by atoms with E-state index < -0.39 is 0 Å². The largest absolute Gasteiger partial charge is 0.459 e. The minimum absolute atomic E-state index is 0.0840. The van der Waals surface area contributed by atoms with E-state index >= 15 is 0 Å². The van der Waals surface area contributed by atoms with Crippen molar-refractivity contribution in [1.82, 2.24) is 4.98 Å². The number of benzene rings is 2. The molecule has 1 amide bonds. The van der Waals surface area contributed by atoms with E-state index in [2.05, 4.69) is 11.9 Å². The maximum Gasteiger partial charge on any atom is 0.310 e. The van der Waals surface area contributed by atoms with Crippen LogP contribution in [0.1, 0.15) is 41.8 Å². The maximum absolute atomic E-state index is 12.2. The second-order valence-electron chi connectivity index (χ2n) is 7.25. The molecule has 0 fully saturated rings. The summed E-state index contributed by atoms with van der Waals surface area (Å²) in [5.74, 6) is -0.418. The number of anilines is 2. The molecule has 0 aliphatic carbocycles. The van der Waals surface area contributed by atoms with Gasteiger partial charge in [0.1, 0.15) is 6.61 Å². The van der Waals surface area contributed by atoms with Crippen molar-refractivity contribution in [3.05, 3.63) is 75.8 Å². The summed E-state index contributed by atoms with van der Waals surface area (Å²) in [5, 5.41) is 2.38. The van der Waals surface area contributed by atoms with Crippen LogP contribution < -0.4 is 4.90 Å². The van der Waals surface area contributed by atoms with Crippen LogP contribution in [0.25, 0.3) is 0 Å². The number of rotatable bonds is 7. The fraction of sp³-hybridized carbons (Fsp3) is 0.292. The second kappa shape index (κ2) is 9.67. The van der Waals surface area contributed by atoms with Gasteiger partial charge in [-0.2, -0.15) is 0 Å². The van der Waals surface area contributed by atoms with Gasteiger partial charge in [-0.15, -0.1) is 11.3 Å². The average molecular weight is 423 g/mol. The number of carbonyl (C=O) groups is 2. The Labute approximate surface area is 181 Å². The molecule has 0 radical (unpaired) electrons. The van der Waals surface area contributed by atoms with Crippen molar-refractivity contribution in [2.24, 2.45) is 0 Å². The van der Waals surface area contributed by atoms with Crippen LogP contribution >= 0.6 is 11.3 Å². The molecule has 0 aliphatic rings.